The number of hydrogen-bond acceptors (Lipinski definition) is 3. The first-order valence-electron chi connectivity index (χ1n) is 8.24. The highest BCUT2D eigenvalue weighted by Crippen LogP contribution is 2.23. The summed E-state index contributed by atoms with van der Waals surface area (Å²) in [7, 11) is -1.09. The molecule has 22 heavy (non-hydrogen) atoms. The first kappa shape index (κ1) is 15.8. The smallest absolute Gasteiger partial charge is 0.243 e. The number of rotatable bonds is 3. The summed E-state index contributed by atoms with van der Waals surface area (Å²) in [5, 5.41) is 0. The second-order valence-corrected chi connectivity index (χ2v) is 8.34. The van der Waals surface area contributed by atoms with Crippen molar-refractivity contribution in [3.8, 4) is 0 Å². The monoisotopic (exact) mass is 324 g/mol. The fourth-order valence-electron chi connectivity index (χ4n) is 3.23. The lowest BCUT2D eigenvalue weighted by Crippen LogP contribution is -3.12. The van der Waals surface area contributed by atoms with E-state index in [2.05, 4.69) is 11.9 Å². The summed E-state index contributed by atoms with van der Waals surface area (Å²) < 4.78 is 26.9. The molecule has 2 aliphatic heterocycles. The Balaban J connectivity index is 1.73. The number of hydrogen-bond donors (Lipinski definition) is 1. The van der Waals surface area contributed by atoms with Gasteiger partial charge in [-0.1, -0.05) is 6.42 Å². The van der Waals surface area contributed by atoms with Crippen LogP contribution in [0.5, 0.6) is 0 Å². The first-order valence-corrected chi connectivity index (χ1v) is 9.68. The van der Waals surface area contributed by atoms with Crippen molar-refractivity contribution >= 4 is 15.7 Å². The second-order valence-electron chi connectivity index (χ2n) is 6.40. The molecule has 5 nitrogen and oxygen atoms in total. The highest BCUT2D eigenvalue weighted by atomic mass is 32.2. The summed E-state index contributed by atoms with van der Waals surface area (Å²) in [5.74, 6) is 0. The second kappa shape index (κ2) is 6.56. The molecule has 122 valence electrons. The summed E-state index contributed by atoms with van der Waals surface area (Å²) in [6, 6.07) is 7.45. The van der Waals surface area contributed by atoms with Gasteiger partial charge in [0, 0.05) is 18.8 Å². The number of piperidine rings is 1. The molecule has 0 atom stereocenters. The van der Waals surface area contributed by atoms with Crippen molar-refractivity contribution in [2.24, 2.45) is 0 Å². The number of likely N-dealkylation sites (N-methyl/N-ethyl adjacent to an activating group) is 1. The van der Waals surface area contributed by atoms with Gasteiger partial charge in [-0.3, -0.25) is 0 Å². The van der Waals surface area contributed by atoms with Gasteiger partial charge in [0.1, 0.15) is 0 Å². The van der Waals surface area contributed by atoms with Crippen molar-refractivity contribution in [2.75, 3.05) is 51.2 Å². The molecule has 3 rings (SSSR count). The van der Waals surface area contributed by atoms with Gasteiger partial charge in [0.15, 0.2) is 0 Å². The fourth-order valence-corrected chi connectivity index (χ4v) is 4.75. The van der Waals surface area contributed by atoms with Crippen molar-refractivity contribution < 1.29 is 13.3 Å². The lowest BCUT2D eigenvalue weighted by Gasteiger charge is -2.32. The van der Waals surface area contributed by atoms with Gasteiger partial charge in [0.2, 0.25) is 10.0 Å². The van der Waals surface area contributed by atoms with Crippen LogP contribution in [0.3, 0.4) is 0 Å². The minimum atomic E-state index is -3.31. The lowest BCUT2D eigenvalue weighted by atomic mass is 10.2. The van der Waals surface area contributed by atoms with Crippen molar-refractivity contribution in [1.29, 1.82) is 0 Å². The maximum atomic E-state index is 12.6. The molecule has 0 bridgehead atoms. The molecule has 1 aromatic rings. The Morgan fingerprint density at radius 1 is 0.909 bits per heavy atom. The largest absolute Gasteiger partial charge is 0.360 e. The van der Waals surface area contributed by atoms with Crippen LogP contribution in [0, 0.1) is 0 Å². The third-order valence-corrected chi connectivity index (χ3v) is 6.68. The zero-order chi connectivity index (χ0) is 15.6. The highest BCUT2D eigenvalue weighted by Gasteiger charge is 2.26. The minimum absolute atomic E-state index is 0.429. The molecule has 0 aromatic heterocycles. The predicted molar refractivity (Wildman–Crippen MR) is 87.9 cm³/mol. The number of quaternary nitrogens is 1. The Morgan fingerprint density at radius 2 is 1.50 bits per heavy atom. The van der Waals surface area contributed by atoms with Gasteiger partial charge in [0.25, 0.3) is 0 Å². The number of nitrogens with one attached hydrogen (secondary N) is 1. The molecular formula is C16H26N3O2S+. The number of sulfonamides is 1. The average Bonchev–Trinajstić information content (AvgIpc) is 2.56. The van der Waals surface area contributed by atoms with Crippen molar-refractivity contribution in [2.45, 2.75) is 24.2 Å². The SMILES string of the molecule is C[NH+]1CCN(c2ccc(S(=O)(=O)N3CCCCC3)cc2)CC1. The van der Waals surface area contributed by atoms with E-state index in [1.54, 1.807) is 21.3 Å². The molecule has 0 aliphatic carbocycles. The molecule has 2 aliphatic rings. The van der Waals surface area contributed by atoms with Gasteiger partial charge in [-0.05, 0) is 37.1 Å². The standard InChI is InChI=1S/C16H25N3O2S/c1-17-11-13-18(14-12-17)15-5-7-16(8-6-15)22(20,21)19-9-3-2-4-10-19/h5-8H,2-4,9-14H2,1H3/p+1. The van der Waals surface area contributed by atoms with Crippen molar-refractivity contribution in [1.82, 2.24) is 4.31 Å². The van der Waals surface area contributed by atoms with Crippen molar-refractivity contribution in [3.63, 3.8) is 0 Å². The Hall–Kier alpha value is -1.11. The van der Waals surface area contributed by atoms with Gasteiger partial charge in [-0.25, -0.2) is 8.42 Å². The third-order valence-electron chi connectivity index (χ3n) is 4.77. The van der Waals surface area contributed by atoms with Crippen LogP contribution in [0.25, 0.3) is 0 Å². The fraction of sp³-hybridized carbons (Fsp3) is 0.625. The van der Waals surface area contributed by atoms with Gasteiger partial charge < -0.3 is 9.80 Å². The third kappa shape index (κ3) is 3.29. The predicted octanol–water partition coefficient (Wildman–Crippen LogP) is 0.196. The molecule has 0 unspecified atom stereocenters. The van der Waals surface area contributed by atoms with E-state index >= 15 is 0 Å². The topological polar surface area (TPSA) is 45.1 Å². The summed E-state index contributed by atoms with van der Waals surface area (Å²) >= 11 is 0. The number of anilines is 1. The van der Waals surface area contributed by atoms with E-state index in [4.69, 9.17) is 0 Å². The lowest BCUT2D eigenvalue weighted by molar-refractivity contribution is -0.880. The zero-order valence-corrected chi connectivity index (χ0v) is 14.1. The summed E-state index contributed by atoms with van der Waals surface area (Å²) in [4.78, 5) is 4.32. The van der Waals surface area contributed by atoms with E-state index in [1.165, 1.54) is 0 Å². The number of benzene rings is 1. The van der Waals surface area contributed by atoms with Gasteiger partial charge in [-0.15, -0.1) is 0 Å². The Bertz CT molecular complexity index is 586. The van der Waals surface area contributed by atoms with Crippen LogP contribution in [0.1, 0.15) is 19.3 Å². The number of piperazine rings is 1. The van der Waals surface area contributed by atoms with E-state index in [1.807, 2.05) is 12.1 Å². The van der Waals surface area contributed by atoms with E-state index in [-0.39, 0.29) is 0 Å². The molecular weight excluding hydrogens is 298 g/mol. The maximum absolute atomic E-state index is 12.6. The zero-order valence-electron chi connectivity index (χ0n) is 13.3. The van der Waals surface area contributed by atoms with Crippen LogP contribution in [-0.2, 0) is 10.0 Å². The molecule has 6 heteroatoms. The molecule has 2 heterocycles. The molecule has 0 spiro atoms. The summed E-state index contributed by atoms with van der Waals surface area (Å²) in [6.07, 6.45) is 3.08. The average molecular weight is 324 g/mol. The van der Waals surface area contributed by atoms with E-state index in [9.17, 15) is 8.42 Å². The van der Waals surface area contributed by atoms with E-state index in [0.717, 1.165) is 51.1 Å². The molecule has 1 aromatic carbocycles. The normalized spacial score (nSPS) is 22.0. The molecule has 2 fully saturated rings. The van der Waals surface area contributed by atoms with E-state index in [0.29, 0.717) is 18.0 Å². The Kier molecular flexibility index (Phi) is 4.70. The van der Waals surface area contributed by atoms with Crippen molar-refractivity contribution in [3.05, 3.63) is 24.3 Å². The summed E-state index contributed by atoms with van der Waals surface area (Å²) in [5.41, 5.74) is 1.13. The molecule has 0 amide bonds. The van der Waals surface area contributed by atoms with Crippen LogP contribution in [0.15, 0.2) is 29.2 Å². The Labute approximate surface area is 133 Å². The van der Waals surface area contributed by atoms with Crippen LogP contribution < -0.4 is 9.80 Å². The van der Waals surface area contributed by atoms with Gasteiger partial charge >= 0.3 is 0 Å². The van der Waals surface area contributed by atoms with E-state index < -0.39 is 10.0 Å². The van der Waals surface area contributed by atoms with Crippen LogP contribution in [-0.4, -0.2) is 59.0 Å². The number of nitrogens with zero attached hydrogens (tertiary/aromatic N) is 2. The van der Waals surface area contributed by atoms with Crippen LogP contribution >= 0.6 is 0 Å². The summed E-state index contributed by atoms with van der Waals surface area (Å²) in [6.45, 7) is 5.65. The highest BCUT2D eigenvalue weighted by molar-refractivity contribution is 7.89. The molecule has 0 saturated carbocycles. The Morgan fingerprint density at radius 3 is 2.09 bits per heavy atom. The van der Waals surface area contributed by atoms with Crippen LogP contribution in [0.2, 0.25) is 0 Å². The van der Waals surface area contributed by atoms with Gasteiger partial charge in [0.05, 0.1) is 38.1 Å². The minimum Gasteiger partial charge on any atom is -0.360 e. The molecule has 0 radical (unpaired) electrons. The quantitative estimate of drug-likeness (QED) is 0.864. The molecule has 1 N–H and O–H groups in total. The van der Waals surface area contributed by atoms with Crippen LogP contribution in [0.4, 0.5) is 5.69 Å². The first-order chi connectivity index (χ1) is 10.6. The van der Waals surface area contributed by atoms with Gasteiger partial charge in [-0.2, -0.15) is 4.31 Å². The maximum Gasteiger partial charge on any atom is 0.243 e. The molecule has 2 saturated heterocycles.